The lowest BCUT2D eigenvalue weighted by Crippen LogP contribution is -2.22. The van der Waals surface area contributed by atoms with Gasteiger partial charge in [0, 0.05) is 0 Å². The molecule has 130 valence electrons. The standard InChI is InChI=1S/C17H18N4O2S2/c1-3-23-13-8-5-4-7-12(13)18-16(22)11(2)25-17-19-15(20-21-17)14-9-6-10-24-14/h4-11H,3H2,1-2H3,(H,18,22)(H,19,20,21)/t11-/m1/s1. The van der Waals surface area contributed by atoms with E-state index in [9.17, 15) is 4.79 Å². The third-order valence-corrected chi connectivity index (χ3v) is 5.15. The second-order valence-electron chi connectivity index (χ2n) is 5.12. The van der Waals surface area contributed by atoms with Gasteiger partial charge in [-0.3, -0.25) is 9.89 Å². The van der Waals surface area contributed by atoms with Gasteiger partial charge in [0.15, 0.2) is 5.82 Å². The fourth-order valence-corrected chi connectivity index (χ4v) is 3.51. The molecule has 0 saturated heterocycles. The van der Waals surface area contributed by atoms with Crippen LogP contribution in [0.15, 0.2) is 46.9 Å². The maximum Gasteiger partial charge on any atom is 0.237 e. The van der Waals surface area contributed by atoms with Crippen molar-refractivity contribution >= 4 is 34.7 Å². The van der Waals surface area contributed by atoms with Gasteiger partial charge in [0.2, 0.25) is 11.1 Å². The van der Waals surface area contributed by atoms with E-state index in [0.717, 1.165) is 4.88 Å². The number of rotatable bonds is 7. The lowest BCUT2D eigenvalue weighted by atomic mass is 10.3. The Balaban J connectivity index is 1.63. The first-order chi connectivity index (χ1) is 12.2. The highest BCUT2D eigenvalue weighted by molar-refractivity contribution is 8.00. The molecule has 3 rings (SSSR count). The molecule has 0 saturated carbocycles. The van der Waals surface area contributed by atoms with E-state index in [1.54, 1.807) is 11.3 Å². The van der Waals surface area contributed by atoms with Crippen molar-refractivity contribution in [2.45, 2.75) is 24.3 Å². The van der Waals surface area contributed by atoms with Gasteiger partial charge in [0.1, 0.15) is 5.75 Å². The number of nitrogens with zero attached hydrogens (tertiary/aromatic N) is 2. The summed E-state index contributed by atoms with van der Waals surface area (Å²) < 4.78 is 5.53. The van der Waals surface area contributed by atoms with Gasteiger partial charge in [0.25, 0.3) is 0 Å². The van der Waals surface area contributed by atoms with Crippen molar-refractivity contribution in [1.29, 1.82) is 0 Å². The van der Waals surface area contributed by atoms with Gasteiger partial charge in [-0.25, -0.2) is 4.98 Å². The van der Waals surface area contributed by atoms with Crippen LogP contribution in [0, 0.1) is 0 Å². The van der Waals surface area contributed by atoms with Crippen LogP contribution in [0.4, 0.5) is 5.69 Å². The molecule has 8 heteroatoms. The lowest BCUT2D eigenvalue weighted by Gasteiger charge is -2.13. The number of H-pyrrole nitrogens is 1. The number of carbonyl (C=O) groups excluding carboxylic acids is 1. The average molecular weight is 374 g/mol. The summed E-state index contributed by atoms with van der Waals surface area (Å²) in [6.07, 6.45) is 0. The third-order valence-electron chi connectivity index (χ3n) is 3.32. The molecule has 2 heterocycles. The Bertz CT molecular complexity index is 833. The third kappa shape index (κ3) is 4.40. The normalized spacial score (nSPS) is 11.9. The first-order valence-electron chi connectivity index (χ1n) is 7.83. The Morgan fingerprint density at radius 3 is 2.96 bits per heavy atom. The molecule has 1 amide bonds. The minimum Gasteiger partial charge on any atom is -0.492 e. The molecule has 0 aliphatic heterocycles. The Morgan fingerprint density at radius 2 is 2.20 bits per heavy atom. The Labute approximate surface area is 154 Å². The van der Waals surface area contributed by atoms with Crippen molar-refractivity contribution in [1.82, 2.24) is 15.2 Å². The number of para-hydroxylation sites is 2. The summed E-state index contributed by atoms with van der Waals surface area (Å²) in [6, 6.07) is 11.3. The van der Waals surface area contributed by atoms with Crippen LogP contribution >= 0.6 is 23.1 Å². The summed E-state index contributed by atoms with van der Waals surface area (Å²) in [7, 11) is 0. The highest BCUT2D eigenvalue weighted by Gasteiger charge is 2.19. The SMILES string of the molecule is CCOc1ccccc1NC(=O)[C@@H](C)Sc1n[nH]c(-c2cccs2)n1. The molecular formula is C17H18N4O2S2. The van der Waals surface area contributed by atoms with E-state index in [1.807, 2.05) is 55.6 Å². The predicted molar refractivity (Wildman–Crippen MR) is 101 cm³/mol. The molecule has 6 nitrogen and oxygen atoms in total. The van der Waals surface area contributed by atoms with Crippen LogP contribution in [0.1, 0.15) is 13.8 Å². The number of anilines is 1. The first kappa shape index (κ1) is 17.5. The number of hydrogen-bond donors (Lipinski definition) is 2. The number of amides is 1. The summed E-state index contributed by atoms with van der Waals surface area (Å²) >= 11 is 2.89. The van der Waals surface area contributed by atoms with Crippen LogP contribution in [0.5, 0.6) is 5.75 Å². The van der Waals surface area contributed by atoms with Crippen molar-refractivity contribution < 1.29 is 9.53 Å². The molecule has 0 unspecified atom stereocenters. The zero-order chi connectivity index (χ0) is 17.6. The van der Waals surface area contributed by atoms with E-state index in [0.29, 0.717) is 29.0 Å². The van der Waals surface area contributed by atoms with Crippen LogP contribution in [0.25, 0.3) is 10.7 Å². The van der Waals surface area contributed by atoms with Gasteiger partial charge >= 0.3 is 0 Å². The van der Waals surface area contributed by atoms with E-state index in [-0.39, 0.29) is 11.2 Å². The summed E-state index contributed by atoms with van der Waals surface area (Å²) in [4.78, 5) is 17.9. The molecule has 3 aromatic rings. The second kappa shape index (κ2) is 8.17. The second-order valence-corrected chi connectivity index (χ2v) is 7.38. The summed E-state index contributed by atoms with van der Waals surface area (Å²) in [5, 5.41) is 12.2. The van der Waals surface area contributed by atoms with E-state index < -0.39 is 0 Å². The van der Waals surface area contributed by atoms with E-state index >= 15 is 0 Å². The molecule has 25 heavy (non-hydrogen) atoms. The number of ether oxygens (including phenoxy) is 1. The van der Waals surface area contributed by atoms with Crippen LogP contribution < -0.4 is 10.1 Å². The number of aromatic amines is 1. The van der Waals surface area contributed by atoms with E-state index in [1.165, 1.54) is 11.8 Å². The quantitative estimate of drug-likeness (QED) is 0.610. The van der Waals surface area contributed by atoms with Gasteiger partial charge in [0.05, 0.1) is 22.4 Å². The average Bonchev–Trinajstić information content (AvgIpc) is 3.28. The van der Waals surface area contributed by atoms with E-state index in [4.69, 9.17) is 4.74 Å². The van der Waals surface area contributed by atoms with Gasteiger partial charge in [-0.2, -0.15) is 0 Å². The van der Waals surface area contributed by atoms with Gasteiger partial charge < -0.3 is 10.1 Å². The number of thioether (sulfide) groups is 1. The number of benzene rings is 1. The van der Waals surface area contributed by atoms with Gasteiger partial charge in [-0.05, 0) is 37.4 Å². The molecule has 1 aromatic carbocycles. The van der Waals surface area contributed by atoms with Crippen LogP contribution in [0.3, 0.4) is 0 Å². The van der Waals surface area contributed by atoms with Gasteiger partial charge in [-0.1, -0.05) is 30.0 Å². The first-order valence-corrected chi connectivity index (χ1v) is 9.59. The highest BCUT2D eigenvalue weighted by Crippen LogP contribution is 2.28. The smallest absolute Gasteiger partial charge is 0.237 e. The van der Waals surface area contributed by atoms with E-state index in [2.05, 4.69) is 20.5 Å². The van der Waals surface area contributed by atoms with Crippen molar-refractivity contribution in [2.75, 3.05) is 11.9 Å². The fourth-order valence-electron chi connectivity index (χ4n) is 2.12. The van der Waals surface area contributed by atoms with Crippen molar-refractivity contribution in [2.24, 2.45) is 0 Å². The number of carbonyl (C=O) groups is 1. The van der Waals surface area contributed by atoms with Crippen molar-refractivity contribution in [3.05, 3.63) is 41.8 Å². The Morgan fingerprint density at radius 1 is 1.36 bits per heavy atom. The number of nitrogens with one attached hydrogen (secondary N) is 2. The molecule has 0 fully saturated rings. The summed E-state index contributed by atoms with van der Waals surface area (Å²) in [5.41, 5.74) is 0.663. The minimum atomic E-state index is -0.346. The molecule has 2 aromatic heterocycles. The Kier molecular flexibility index (Phi) is 5.72. The highest BCUT2D eigenvalue weighted by atomic mass is 32.2. The van der Waals surface area contributed by atoms with Gasteiger partial charge in [-0.15, -0.1) is 16.4 Å². The molecular weight excluding hydrogens is 356 g/mol. The number of hydrogen-bond acceptors (Lipinski definition) is 6. The maximum atomic E-state index is 12.5. The lowest BCUT2D eigenvalue weighted by molar-refractivity contribution is -0.115. The molecule has 0 bridgehead atoms. The minimum absolute atomic E-state index is 0.125. The maximum absolute atomic E-state index is 12.5. The van der Waals surface area contributed by atoms with Crippen molar-refractivity contribution in [3.8, 4) is 16.5 Å². The molecule has 0 aliphatic carbocycles. The monoisotopic (exact) mass is 374 g/mol. The molecule has 0 spiro atoms. The molecule has 1 atom stereocenters. The summed E-state index contributed by atoms with van der Waals surface area (Å²) in [5.74, 6) is 1.25. The molecule has 0 radical (unpaired) electrons. The topological polar surface area (TPSA) is 79.9 Å². The zero-order valence-electron chi connectivity index (χ0n) is 13.9. The zero-order valence-corrected chi connectivity index (χ0v) is 15.5. The molecule has 0 aliphatic rings. The largest absolute Gasteiger partial charge is 0.492 e. The number of thiophene rings is 1. The predicted octanol–water partition coefficient (Wildman–Crippen LogP) is 4.05. The summed E-state index contributed by atoms with van der Waals surface area (Å²) in [6.45, 7) is 4.27. The van der Waals surface area contributed by atoms with Crippen LogP contribution in [-0.2, 0) is 4.79 Å². The Hall–Kier alpha value is -2.32. The van der Waals surface area contributed by atoms with Crippen LogP contribution in [0.2, 0.25) is 0 Å². The molecule has 2 N–H and O–H groups in total. The van der Waals surface area contributed by atoms with Crippen molar-refractivity contribution in [3.63, 3.8) is 0 Å². The van der Waals surface area contributed by atoms with Crippen LogP contribution in [-0.4, -0.2) is 32.9 Å². The number of aromatic nitrogens is 3. The fraction of sp³-hybridized carbons (Fsp3) is 0.235.